The summed E-state index contributed by atoms with van der Waals surface area (Å²) in [5.41, 5.74) is -0.622. The van der Waals surface area contributed by atoms with E-state index in [-0.39, 0.29) is 17.7 Å². The van der Waals surface area contributed by atoms with Crippen molar-refractivity contribution in [1.29, 1.82) is 0 Å². The molecule has 0 radical (unpaired) electrons. The van der Waals surface area contributed by atoms with Crippen molar-refractivity contribution in [2.24, 2.45) is 7.05 Å². The van der Waals surface area contributed by atoms with Gasteiger partial charge in [0.1, 0.15) is 11.4 Å². The van der Waals surface area contributed by atoms with E-state index in [9.17, 15) is 18.0 Å². The molecule has 1 saturated heterocycles. The molecule has 1 aliphatic rings. The number of aryl methyl sites for hydroxylation is 1. The minimum atomic E-state index is -4.46. The number of ether oxygens (including phenoxy) is 1. The second-order valence-electron chi connectivity index (χ2n) is 5.55. The molecule has 2 aromatic rings. The molecule has 0 unspecified atom stereocenters. The fourth-order valence-corrected chi connectivity index (χ4v) is 3.43. The van der Waals surface area contributed by atoms with E-state index in [1.165, 1.54) is 7.05 Å². The number of amides is 1. The second kappa shape index (κ2) is 6.56. The summed E-state index contributed by atoms with van der Waals surface area (Å²) in [6.07, 6.45) is -2.51. The highest BCUT2D eigenvalue weighted by atomic mass is 32.1. The van der Waals surface area contributed by atoms with Crippen LogP contribution in [0.3, 0.4) is 0 Å². The Morgan fingerprint density at radius 2 is 2.29 bits per heavy atom. The molecule has 1 fully saturated rings. The van der Waals surface area contributed by atoms with Crippen LogP contribution in [0.1, 0.15) is 28.2 Å². The first kappa shape index (κ1) is 17.0. The second-order valence-corrected chi connectivity index (χ2v) is 6.63. The van der Waals surface area contributed by atoms with Crippen molar-refractivity contribution in [3.63, 3.8) is 0 Å². The molecule has 1 atom stereocenters. The number of halogens is 3. The van der Waals surface area contributed by atoms with Gasteiger partial charge in [-0.3, -0.25) is 9.48 Å². The van der Waals surface area contributed by atoms with Crippen LogP contribution in [0, 0.1) is 0 Å². The first-order valence-corrected chi connectivity index (χ1v) is 8.27. The average molecular weight is 359 g/mol. The zero-order valence-corrected chi connectivity index (χ0v) is 13.7. The molecule has 3 rings (SSSR count). The number of carbonyl (C=O) groups excluding carboxylic acids is 1. The summed E-state index contributed by atoms with van der Waals surface area (Å²) in [6, 6.07) is 4.18. The van der Waals surface area contributed by atoms with Crippen LogP contribution in [0.5, 0.6) is 0 Å². The van der Waals surface area contributed by atoms with Crippen LogP contribution >= 0.6 is 11.3 Å². The molecule has 5 nitrogen and oxygen atoms in total. The minimum Gasteiger partial charge on any atom is -0.376 e. The Labute approximate surface area is 140 Å². The third-order valence-corrected chi connectivity index (χ3v) is 4.87. The molecule has 1 amide bonds. The van der Waals surface area contributed by atoms with Crippen molar-refractivity contribution in [1.82, 2.24) is 15.1 Å². The zero-order chi connectivity index (χ0) is 17.3. The molecule has 0 aliphatic carbocycles. The Kier molecular flexibility index (Phi) is 4.64. The summed E-state index contributed by atoms with van der Waals surface area (Å²) in [5.74, 6) is -0.256. The average Bonchev–Trinajstić information content (AvgIpc) is 3.23. The molecule has 24 heavy (non-hydrogen) atoms. The van der Waals surface area contributed by atoms with Crippen molar-refractivity contribution in [3.05, 3.63) is 28.8 Å². The molecule has 3 heterocycles. The summed E-state index contributed by atoms with van der Waals surface area (Å²) < 4.78 is 44.7. The quantitative estimate of drug-likeness (QED) is 0.913. The van der Waals surface area contributed by atoms with Crippen LogP contribution in [0.25, 0.3) is 10.6 Å². The number of nitrogens with zero attached hydrogens (tertiary/aromatic N) is 2. The van der Waals surface area contributed by atoms with E-state index in [0.29, 0.717) is 22.9 Å². The van der Waals surface area contributed by atoms with Gasteiger partial charge in [-0.2, -0.15) is 18.3 Å². The molecule has 0 aromatic carbocycles. The van der Waals surface area contributed by atoms with Crippen LogP contribution in [0.2, 0.25) is 0 Å². The molecule has 9 heteroatoms. The van der Waals surface area contributed by atoms with Gasteiger partial charge in [0.2, 0.25) is 0 Å². The van der Waals surface area contributed by atoms with Crippen molar-refractivity contribution < 1.29 is 22.7 Å². The van der Waals surface area contributed by atoms with E-state index in [1.54, 1.807) is 12.1 Å². The number of aromatic nitrogens is 2. The van der Waals surface area contributed by atoms with E-state index in [1.807, 2.05) is 0 Å². The van der Waals surface area contributed by atoms with E-state index in [4.69, 9.17) is 4.74 Å². The predicted molar refractivity (Wildman–Crippen MR) is 82.8 cm³/mol. The Bertz CT molecular complexity index is 733. The van der Waals surface area contributed by atoms with Gasteiger partial charge in [0.05, 0.1) is 15.9 Å². The number of hydrogen-bond acceptors (Lipinski definition) is 4. The first-order valence-electron chi connectivity index (χ1n) is 7.46. The SMILES string of the molecule is Cn1nc(-c2ccc(C(=O)NC[C@@H]3CCCO3)s2)cc1C(F)(F)F. The molecule has 130 valence electrons. The maximum Gasteiger partial charge on any atom is 0.433 e. The highest BCUT2D eigenvalue weighted by Gasteiger charge is 2.35. The summed E-state index contributed by atoms with van der Waals surface area (Å²) in [7, 11) is 1.25. The Hall–Kier alpha value is -1.87. The number of nitrogens with one attached hydrogen (secondary N) is 1. The van der Waals surface area contributed by atoms with Crippen molar-refractivity contribution in [2.75, 3.05) is 13.2 Å². The van der Waals surface area contributed by atoms with Gasteiger partial charge < -0.3 is 10.1 Å². The fourth-order valence-electron chi connectivity index (χ4n) is 2.55. The molecule has 0 spiro atoms. The van der Waals surface area contributed by atoms with Gasteiger partial charge in [-0.1, -0.05) is 0 Å². The molecular formula is C15H16F3N3O2S. The van der Waals surface area contributed by atoms with Gasteiger partial charge in [-0.25, -0.2) is 0 Å². The van der Waals surface area contributed by atoms with Gasteiger partial charge in [0.15, 0.2) is 0 Å². The van der Waals surface area contributed by atoms with Crippen LogP contribution in [0.4, 0.5) is 13.2 Å². The summed E-state index contributed by atoms with van der Waals surface area (Å²) >= 11 is 1.11. The molecule has 2 aromatic heterocycles. The third kappa shape index (κ3) is 3.62. The first-order chi connectivity index (χ1) is 11.3. The van der Waals surface area contributed by atoms with Crippen LogP contribution < -0.4 is 5.32 Å². The van der Waals surface area contributed by atoms with Crippen LogP contribution in [0.15, 0.2) is 18.2 Å². The van der Waals surface area contributed by atoms with Crippen molar-refractivity contribution in [2.45, 2.75) is 25.1 Å². The number of rotatable bonds is 4. The smallest absolute Gasteiger partial charge is 0.376 e. The third-order valence-electron chi connectivity index (χ3n) is 3.77. The molecule has 1 aliphatic heterocycles. The minimum absolute atomic E-state index is 0.0403. The van der Waals surface area contributed by atoms with E-state index >= 15 is 0 Å². The number of hydrogen-bond donors (Lipinski definition) is 1. The van der Waals surface area contributed by atoms with Gasteiger partial charge >= 0.3 is 6.18 Å². The van der Waals surface area contributed by atoms with E-state index in [0.717, 1.165) is 34.9 Å². The van der Waals surface area contributed by atoms with E-state index < -0.39 is 11.9 Å². The fraction of sp³-hybridized carbons (Fsp3) is 0.467. The van der Waals surface area contributed by atoms with Crippen molar-refractivity contribution >= 4 is 17.2 Å². The topological polar surface area (TPSA) is 56.2 Å². The predicted octanol–water partition coefficient (Wildman–Crippen LogP) is 3.08. The molecule has 1 N–H and O–H groups in total. The van der Waals surface area contributed by atoms with Gasteiger partial charge in [-0.15, -0.1) is 11.3 Å². The Morgan fingerprint density at radius 3 is 2.92 bits per heavy atom. The maximum atomic E-state index is 12.8. The normalized spacial score (nSPS) is 18.1. The highest BCUT2D eigenvalue weighted by molar-refractivity contribution is 7.17. The lowest BCUT2D eigenvalue weighted by Gasteiger charge is -2.09. The Balaban J connectivity index is 1.70. The number of carbonyl (C=O) groups is 1. The van der Waals surface area contributed by atoms with Crippen LogP contribution in [-0.2, 0) is 18.0 Å². The standard InChI is InChI=1S/C15H16F3N3O2S/c1-21-13(15(16,17)18)7-10(20-21)11-4-5-12(24-11)14(22)19-8-9-3-2-6-23-9/h4-5,7,9H,2-3,6,8H2,1H3,(H,19,22)/t9-/m0/s1. The lowest BCUT2D eigenvalue weighted by atomic mass is 10.2. The van der Waals surface area contributed by atoms with Crippen molar-refractivity contribution in [3.8, 4) is 10.6 Å². The lowest BCUT2D eigenvalue weighted by Crippen LogP contribution is -2.31. The van der Waals surface area contributed by atoms with Crippen LogP contribution in [-0.4, -0.2) is 34.9 Å². The van der Waals surface area contributed by atoms with Gasteiger partial charge in [0.25, 0.3) is 5.91 Å². The maximum absolute atomic E-state index is 12.8. The monoisotopic (exact) mass is 359 g/mol. The highest BCUT2D eigenvalue weighted by Crippen LogP contribution is 2.34. The summed E-state index contributed by atoms with van der Waals surface area (Å²) in [6.45, 7) is 1.15. The number of alkyl halides is 3. The summed E-state index contributed by atoms with van der Waals surface area (Å²) in [4.78, 5) is 13.1. The molecule has 0 saturated carbocycles. The molecule has 0 bridgehead atoms. The number of thiophene rings is 1. The Morgan fingerprint density at radius 1 is 1.50 bits per heavy atom. The van der Waals surface area contributed by atoms with E-state index in [2.05, 4.69) is 10.4 Å². The zero-order valence-electron chi connectivity index (χ0n) is 12.9. The van der Waals surface area contributed by atoms with Gasteiger partial charge in [-0.05, 0) is 31.0 Å². The largest absolute Gasteiger partial charge is 0.433 e. The summed E-state index contributed by atoms with van der Waals surface area (Å²) in [5, 5.41) is 6.67. The molecular weight excluding hydrogens is 343 g/mol. The lowest BCUT2D eigenvalue weighted by molar-refractivity contribution is -0.143. The van der Waals surface area contributed by atoms with Gasteiger partial charge in [0, 0.05) is 20.2 Å².